The van der Waals surface area contributed by atoms with Crippen molar-refractivity contribution < 1.29 is 4.39 Å². The molecule has 44 valence electrons. The van der Waals surface area contributed by atoms with Gasteiger partial charge in [-0.2, -0.15) is 0 Å². The zero-order valence-corrected chi connectivity index (χ0v) is 5.92. The van der Waals surface area contributed by atoms with Crippen LogP contribution in [0.3, 0.4) is 0 Å². The van der Waals surface area contributed by atoms with Crippen LogP contribution < -0.4 is 10.8 Å². The molecule has 0 aliphatic rings. The molecule has 1 rings (SSSR count). The maximum Gasteiger partial charge on any atom is 0.122 e. The number of rotatable bonds is 0. The van der Waals surface area contributed by atoms with Crippen molar-refractivity contribution in [2.45, 2.75) is 0 Å². The van der Waals surface area contributed by atoms with E-state index in [9.17, 15) is 4.39 Å². The average molecular weight is 138 g/mol. The molecule has 0 amide bonds. The molecule has 0 bridgehead atoms. The maximum absolute atomic E-state index is 12.3. The summed E-state index contributed by atoms with van der Waals surface area (Å²) in [5.41, 5.74) is 0.472. The van der Waals surface area contributed by atoms with Gasteiger partial charge in [-0.05, 0) is 17.4 Å². The van der Waals surface area contributed by atoms with Crippen LogP contribution in [0.2, 0.25) is 0 Å². The fourth-order valence-corrected chi connectivity index (χ4v) is 0.725. The molecular formula is C6H5BFP. The van der Waals surface area contributed by atoms with E-state index in [0.29, 0.717) is 5.46 Å². The molecule has 0 aliphatic carbocycles. The summed E-state index contributed by atoms with van der Waals surface area (Å²) in [5.74, 6) is -0.293. The van der Waals surface area contributed by atoms with Gasteiger partial charge in [0.1, 0.15) is 13.7 Å². The highest BCUT2D eigenvalue weighted by molar-refractivity contribution is 7.28. The lowest BCUT2D eigenvalue weighted by Gasteiger charge is -1.96. The van der Waals surface area contributed by atoms with E-state index < -0.39 is 0 Å². The van der Waals surface area contributed by atoms with Gasteiger partial charge in [-0.15, -0.1) is 9.24 Å². The molecule has 0 N–H and O–H groups in total. The Kier molecular flexibility index (Phi) is 1.87. The van der Waals surface area contributed by atoms with Crippen LogP contribution in [0, 0.1) is 5.82 Å². The van der Waals surface area contributed by atoms with E-state index in [1.54, 1.807) is 6.07 Å². The van der Waals surface area contributed by atoms with Crippen molar-refractivity contribution in [3.63, 3.8) is 0 Å². The fourth-order valence-electron chi connectivity index (χ4n) is 0.546. The Balaban J connectivity index is 3.17. The van der Waals surface area contributed by atoms with Crippen molar-refractivity contribution in [1.82, 2.24) is 0 Å². The van der Waals surface area contributed by atoms with Crippen LogP contribution in [-0.2, 0) is 0 Å². The average Bonchev–Trinajstić information content (AvgIpc) is 1.80. The van der Waals surface area contributed by atoms with Crippen molar-refractivity contribution in [3.05, 3.63) is 24.0 Å². The summed E-state index contributed by atoms with van der Waals surface area (Å²) in [4.78, 5) is 0. The Morgan fingerprint density at radius 1 is 1.44 bits per heavy atom. The van der Waals surface area contributed by atoms with Crippen molar-refractivity contribution in [2.24, 2.45) is 0 Å². The summed E-state index contributed by atoms with van der Waals surface area (Å²) in [6.07, 6.45) is 0. The van der Waals surface area contributed by atoms with Gasteiger partial charge in [0.15, 0.2) is 0 Å². The van der Waals surface area contributed by atoms with Crippen LogP contribution in [0.4, 0.5) is 4.39 Å². The second-order valence-corrected chi connectivity index (χ2v) is 2.40. The molecule has 0 aromatic heterocycles. The second-order valence-electron chi connectivity index (χ2n) is 1.77. The minimum absolute atomic E-state index is 0.293. The molecule has 0 fully saturated rings. The number of halogens is 1. The summed E-state index contributed by atoms with van der Waals surface area (Å²) in [6, 6.07) is 4.29. The van der Waals surface area contributed by atoms with E-state index in [1.807, 2.05) is 0 Å². The molecule has 9 heavy (non-hydrogen) atoms. The predicted molar refractivity (Wildman–Crippen MR) is 41.1 cm³/mol. The molecule has 1 aromatic rings. The van der Waals surface area contributed by atoms with Gasteiger partial charge in [0, 0.05) is 0 Å². The predicted octanol–water partition coefficient (Wildman–Crippen LogP) is 0.120. The third-order valence-electron chi connectivity index (χ3n) is 1.05. The van der Waals surface area contributed by atoms with E-state index in [4.69, 9.17) is 7.85 Å². The van der Waals surface area contributed by atoms with Crippen LogP contribution in [0.1, 0.15) is 0 Å². The number of hydrogen-bond acceptors (Lipinski definition) is 0. The molecule has 0 nitrogen and oxygen atoms in total. The Hall–Kier alpha value is -0.355. The smallest absolute Gasteiger partial charge is 0.122 e. The SMILES string of the molecule is [B]c1cc(F)ccc1P. The molecule has 1 atom stereocenters. The topological polar surface area (TPSA) is 0 Å². The molecule has 0 aliphatic heterocycles. The van der Waals surface area contributed by atoms with Crippen LogP contribution in [0.15, 0.2) is 18.2 Å². The van der Waals surface area contributed by atoms with E-state index in [2.05, 4.69) is 9.24 Å². The third-order valence-corrected chi connectivity index (χ3v) is 1.57. The van der Waals surface area contributed by atoms with E-state index in [1.165, 1.54) is 12.1 Å². The summed E-state index contributed by atoms with van der Waals surface area (Å²) in [6.45, 7) is 0. The van der Waals surface area contributed by atoms with Crippen molar-refractivity contribution in [1.29, 1.82) is 0 Å². The minimum atomic E-state index is -0.293. The Morgan fingerprint density at radius 2 is 2.11 bits per heavy atom. The quantitative estimate of drug-likeness (QED) is 0.352. The molecular weight excluding hydrogens is 133 g/mol. The van der Waals surface area contributed by atoms with E-state index >= 15 is 0 Å². The first-order valence-corrected chi connectivity index (χ1v) is 3.08. The van der Waals surface area contributed by atoms with Gasteiger partial charge in [0.25, 0.3) is 0 Å². The lowest BCUT2D eigenvalue weighted by Crippen LogP contribution is -2.18. The Labute approximate surface area is 57.1 Å². The van der Waals surface area contributed by atoms with Gasteiger partial charge in [0.05, 0.1) is 0 Å². The van der Waals surface area contributed by atoms with Crippen molar-refractivity contribution in [2.75, 3.05) is 0 Å². The highest BCUT2D eigenvalue weighted by Crippen LogP contribution is 1.92. The van der Waals surface area contributed by atoms with Gasteiger partial charge in [0.2, 0.25) is 0 Å². The summed E-state index contributed by atoms with van der Waals surface area (Å²) in [7, 11) is 7.78. The van der Waals surface area contributed by atoms with E-state index in [0.717, 1.165) is 5.30 Å². The molecule has 0 heterocycles. The van der Waals surface area contributed by atoms with Crippen LogP contribution in [-0.4, -0.2) is 7.85 Å². The van der Waals surface area contributed by atoms with E-state index in [-0.39, 0.29) is 5.82 Å². The Bertz CT molecular complexity index is 224. The maximum atomic E-state index is 12.3. The van der Waals surface area contributed by atoms with Crippen LogP contribution in [0.5, 0.6) is 0 Å². The van der Waals surface area contributed by atoms with Crippen molar-refractivity contribution >= 4 is 27.9 Å². The molecule has 0 saturated heterocycles. The molecule has 0 spiro atoms. The van der Waals surface area contributed by atoms with Gasteiger partial charge in [-0.1, -0.05) is 11.5 Å². The summed E-state index contributed by atoms with van der Waals surface area (Å²) in [5, 5.41) is 0.830. The zero-order valence-electron chi connectivity index (χ0n) is 4.76. The van der Waals surface area contributed by atoms with Gasteiger partial charge < -0.3 is 0 Å². The normalized spacial score (nSPS) is 9.56. The highest BCUT2D eigenvalue weighted by Gasteiger charge is 1.91. The van der Waals surface area contributed by atoms with Crippen molar-refractivity contribution in [3.8, 4) is 0 Å². The fraction of sp³-hybridized carbons (Fsp3) is 0. The van der Waals surface area contributed by atoms with Crippen LogP contribution in [0.25, 0.3) is 0 Å². The number of hydrogen-bond donors (Lipinski definition) is 0. The molecule has 2 radical (unpaired) electrons. The molecule has 0 saturated carbocycles. The number of benzene rings is 1. The first kappa shape index (κ1) is 6.76. The molecule has 1 unspecified atom stereocenters. The largest absolute Gasteiger partial charge is 0.207 e. The standard InChI is InChI=1S/C6H5BFP/c7-5-3-4(8)1-2-6(5)9/h1-3H,9H2. The summed E-state index contributed by atoms with van der Waals surface area (Å²) >= 11 is 0. The first-order chi connectivity index (χ1) is 4.20. The second kappa shape index (κ2) is 2.49. The minimum Gasteiger partial charge on any atom is -0.207 e. The first-order valence-electron chi connectivity index (χ1n) is 2.50. The van der Waals surface area contributed by atoms with Crippen LogP contribution >= 0.6 is 9.24 Å². The van der Waals surface area contributed by atoms with Gasteiger partial charge in [-0.25, -0.2) is 4.39 Å². The summed E-state index contributed by atoms with van der Waals surface area (Å²) < 4.78 is 12.3. The molecule has 3 heteroatoms. The van der Waals surface area contributed by atoms with Gasteiger partial charge in [-0.3, -0.25) is 0 Å². The lowest BCUT2D eigenvalue weighted by molar-refractivity contribution is 0.629. The molecule has 1 aromatic carbocycles. The lowest BCUT2D eigenvalue weighted by atomic mass is 9.96. The Morgan fingerprint density at radius 3 is 2.56 bits per heavy atom. The van der Waals surface area contributed by atoms with Gasteiger partial charge >= 0.3 is 0 Å². The monoisotopic (exact) mass is 138 g/mol. The highest BCUT2D eigenvalue weighted by atomic mass is 31.0. The zero-order chi connectivity index (χ0) is 6.85. The third kappa shape index (κ3) is 1.52.